The van der Waals surface area contributed by atoms with Crippen molar-refractivity contribution in [2.24, 2.45) is 0 Å². The third-order valence-electron chi connectivity index (χ3n) is 2.59. The van der Waals surface area contributed by atoms with Crippen LogP contribution in [0.2, 0.25) is 0 Å². The Hall–Kier alpha value is -0.650. The van der Waals surface area contributed by atoms with Crippen LogP contribution in [0.15, 0.2) is 28.2 Å². The number of halogens is 1. The number of nitrogens with one attached hydrogen (secondary N) is 1. The Kier molecular flexibility index (Phi) is 4.76. The van der Waals surface area contributed by atoms with E-state index in [0.717, 1.165) is 26.1 Å². The van der Waals surface area contributed by atoms with Gasteiger partial charge in [0.15, 0.2) is 0 Å². The first-order valence-corrected chi connectivity index (χ1v) is 7.36. The molecule has 0 saturated carbocycles. The minimum atomic E-state index is 0.889. The van der Waals surface area contributed by atoms with Crippen LogP contribution in [0, 0.1) is 0 Å². The highest BCUT2D eigenvalue weighted by Gasteiger charge is 2.00. The van der Waals surface area contributed by atoms with Crippen LogP contribution in [0.25, 0.3) is 0 Å². The molecule has 0 aliphatic rings. The Labute approximate surface area is 114 Å². The van der Waals surface area contributed by atoms with Gasteiger partial charge in [-0.2, -0.15) is 5.10 Å². The van der Waals surface area contributed by atoms with E-state index >= 15 is 0 Å². The lowest BCUT2D eigenvalue weighted by molar-refractivity contribution is 0.583. The smallest absolute Gasteiger partial charge is 0.0701 e. The lowest BCUT2D eigenvalue weighted by atomic mass is 10.3. The summed E-state index contributed by atoms with van der Waals surface area (Å²) in [5.41, 5.74) is 1.25. The summed E-state index contributed by atoms with van der Waals surface area (Å²) in [6.45, 7) is 4.93. The molecule has 0 unspecified atom stereocenters. The molecule has 0 aliphatic carbocycles. The molecule has 0 atom stereocenters. The molecule has 0 fully saturated rings. The van der Waals surface area contributed by atoms with Gasteiger partial charge in [-0.05, 0) is 47.5 Å². The highest BCUT2D eigenvalue weighted by molar-refractivity contribution is 9.11. The Morgan fingerprint density at radius 2 is 2.29 bits per heavy atom. The van der Waals surface area contributed by atoms with E-state index < -0.39 is 0 Å². The minimum Gasteiger partial charge on any atom is -0.311 e. The molecule has 92 valence electrons. The molecule has 3 nitrogen and oxygen atoms in total. The molecular weight excluding hydrogens is 298 g/mol. The van der Waals surface area contributed by atoms with Crippen molar-refractivity contribution in [2.75, 3.05) is 6.54 Å². The first kappa shape index (κ1) is 12.8. The maximum Gasteiger partial charge on any atom is 0.0701 e. The van der Waals surface area contributed by atoms with Gasteiger partial charge in [-0.1, -0.05) is 0 Å². The fourth-order valence-electron chi connectivity index (χ4n) is 1.71. The van der Waals surface area contributed by atoms with Crippen molar-refractivity contribution < 1.29 is 0 Å². The van der Waals surface area contributed by atoms with Gasteiger partial charge in [0.2, 0.25) is 0 Å². The number of aromatic nitrogens is 2. The highest BCUT2D eigenvalue weighted by atomic mass is 79.9. The van der Waals surface area contributed by atoms with Crippen LogP contribution in [0.5, 0.6) is 0 Å². The molecule has 0 radical (unpaired) electrons. The van der Waals surface area contributed by atoms with Crippen LogP contribution >= 0.6 is 27.3 Å². The van der Waals surface area contributed by atoms with Crippen molar-refractivity contribution in [2.45, 2.75) is 26.4 Å². The average Bonchev–Trinajstić information content (AvgIpc) is 2.93. The fraction of sp³-hybridized carbons (Fsp3) is 0.417. The van der Waals surface area contributed by atoms with Crippen LogP contribution < -0.4 is 5.32 Å². The summed E-state index contributed by atoms with van der Waals surface area (Å²) in [6.07, 6.45) is 2.94. The monoisotopic (exact) mass is 313 g/mol. The van der Waals surface area contributed by atoms with Gasteiger partial charge in [0.1, 0.15) is 0 Å². The standard InChI is InChI=1S/C12H16BrN3S/c1-2-16-10(5-8-15-16)9-14-7-6-11-3-4-12(13)17-11/h3-5,8,14H,2,6-7,9H2,1H3. The summed E-state index contributed by atoms with van der Waals surface area (Å²) >= 11 is 5.28. The summed E-state index contributed by atoms with van der Waals surface area (Å²) in [6, 6.07) is 6.34. The summed E-state index contributed by atoms with van der Waals surface area (Å²) in [4.78, 5) is 1.41. The quantitative estimate of drug-likeness (QED) is 0.831. The van der Waals surface area contributed by atoms with Crippen molar-refractivity contribution in [1.29, 1.82) is 0 Å². The number of rotatable bonds is 6. The van der Waals surface area contributed by atoms with E-state index in [1.807, 2.05) is 10.9 Å². The first-order chi connectivity index (χ1) is 8.29. The van der Waals surface area contributed by atoms with Gasteiger partial charge < -0.3 is 5.32 Å². The molecule has 1 N–H and O–H groups in total. The number of aryl methyl sites for hydroxylation is 1. The van der Waals surface area contributed by atoms with Crippen LogP contribution in [0.1, 0.15) is 17.5 Å². The zero-order chi connectivity index (χ0) is 12.1. The summed E-state index contributed by atoms with van der Waals surface area (Å²) in [5.74, 6) is 0. The Morgan fingerprint density at radius 1 is 1.41 bits per heavy atom. The molecule has 2 rings (SSSR count). The van der Waals surface area contributed by atoms with E-state index in [9.17, 15) is 0 Å². The number of hydrogen-bond donors (Lipinski definition) is 1. The number of thiophene rings is 1. The molecule has 0 amide bonds. The molecule has 2 aromatic rings. The second-order valence-corrected chi connectivity index (χ2v) is 6.32. The number of hydrogen-bond acceptors (Lipinski definition) is 3. The van der Waals surface area contributed by atoms with Crippen molar-refractivity contribution in [3.05, 3.63) is 38.8 Å². The molecule has 2 heterocycles. The third-order valence-corrected chi connectivity index (χ3v) is 4.27. The van der Waals surface area contributed by atoms with Gasteiger partial charge in [-0.15, -0.1) is 11.3 Å². The zero-order valence-electron chi connectivity index (χ0n) is 9.82. The molecule has 0 spiro atoms. The Bertz CT molecular complexity index is 464. The Balaban J connectivity index is 1.73. The van der Waals surface area contributed by atoms with E-state index in [-0.39, 0.29) is 0 Å². The van der Waals surface area contributed by atoms with E-state index in [4.69, 9.17) is 0 Å². The molecular formula is C12H16BrN3S. The lowest BCUT2D eigenvalue weighted by Crippen LogP contribution is -2.18. The predicted octanol–water partition coefficient (Wildman–Crippen LogP) is 3.06. The number of nitrogens with zero attached hydrogens (tertiary/aromatic N) is 2. The summed E-state index contributed by atoms with van der Waals surface area (Å²) in [5, 5.41) is 7.70. The largest absolute Gasteiger partial charge is 0.311 e. The summed E-state index contributed by atoms with van der Waals surface area (Å²) < 4.78 is 3.23. The van der Waals surface area contributed by atoms with Crippen molar-refractivity contribution >= 4 is 27.3 Å². The van der Waals surface area contributed by atoms with Crippen LogP contribution in [-0.2, 0) is 19.5 Å². The van der Waals surface area contributed by atoms with Crippen molar-refractivity contribution in [1.82, 2.24) is 15.1 Å². The molecule has 0 aromatic carbocycles. The minimum absolute atomic E-state index is 0.889. The molecule has 0 aliphatic heterocycles. The topological polar surface area (TPSA) is 29.9 Å². The van der Waals surface area contributed by atoms with Gasteiger partial charge in [0.25, 0.3) is 0 Å². The van der Waals surface area contributed by atoms with E-state index in [0.29, 0.717) is 0 Å². The van der Waals surface area contributed by atoms with Gasteiger partial charge in [0.05, 0.1) is 9.48 Å². The van der Waals surface area contributed by atoms with Crippen molar-refractivity contribution in [3.63, 3.8) is 0 Å². The maximum atomic E-state index is 4.25. The second-order valence-electron chi connectivity index (χ2n) is 3.77. The SMILES string of the molecule is CCn1nccc1CNCCc1ccc(Br)s1. The predicted molar refractivity (Wildman–Crippen MR) is 75.3 cm³/mol. The van der Waals surface area contributed by atoms with Crippen LogP contribution in [0.4, 0.5) is 0 Å². The molecule has 2 aromatic heterocycles. The average molecular weight is 314 g/mol. The van der Waals surface area contributed by atoms with Gasteiger partial charge in [0, 0.05) is 30.7 Å². The second kappa shape index (κ2) is 6.33. The molecule has 0 saturated heterocycles. The normalized spacial score (nSPS) is 10.9. The molecule has 5 heteroatoms. The van der Waals surface area contributed by atoms with E-state index in [1.165, 1.54) is 14.4 Å². The zero-order valence-corrected chi connectivity index (χ0v) is 12.2. The molecule has 17 heavy (non-hydrogen) atoms. The van der Waals surface area contributed by atoms with Crippen LogP contribution in [0.3, 0.4) is 0 Å². The van der Waals surface area contributed by atoms with E-state index in [1.54, 1.807) is 11.3 Å². The third kappa shape index (κ3) is 3.66. The lowest BCUT2D eigenvalue weighted by Gasteiger charge is -2.06. The maximum absolute atomic E-state index is 4.25. The highest BCUT2D eigenvalue weighted by Crippen LogP contribution is 2.22. The van der Waals surface area contributed by atoms with Gasteiger partial charge >= 0.3 is 0 Å². The van der Waals surface area contributed by atoms with Gasteiger partial charge in [-0.25, -0.2) is 0 Å². The summed E-state index contributed by atoms with van der Waals surface area (Å²) in [7, 11) is 0. The fourth-order valence-corrected chi connectivity index (χ4v) is 3.19. The van der Waals surface area contributed by atoms with Crippen molar-refractivity contribution in [3.8, 4) is 0 Å². The van der Waals surface area contributed by atoms with Crippen LogP contribution in [-0.4, -0.2) is 16.3 Å². The van der Waals surface area contributed by atoms with E-state index in [2.05, 4.69) is 51.5 Å². The Morgan fingerprint density at radius 3 is 3.00 bits per heavy atom. The first-order valence-electron chi connectivity index (χ1n) is 5.75. The molecule has 0 bridgehead atoms. The van der Waals surface area contributed by atoms with Gasteiger partial charge in [-0.3, -0.25) is 4.68 Å².